The number of rotatable bonds is 11. The molecule has 2 N–H and O–H groups in total. The van der Waals surface area contributed by atoms with E-state index in [0.717, 1.165) is 34.6 Å². The fourth-order valence-electron chi connectivity index (χ4n) is 3.33. The highest BCUT2D eigenvalue weighted by molar-refractivity contribution is 5.69. The Morgan fingerprint density at radius 1 is 0.852 bits per heavy atom. The van der Waals surface area contributed by atoms with Gasteiger partial charge in [-0.05, 0) is 47.1 Å². The molecular weight excluding hydrogens is 336 g/mol. The molecule has 0 aliphatic rings. The van der Waals surface area contributed by atoms with E-state index < -0.39 is 0 Å². The number of aliphatic hydroxyl groups excluding tert-OH is 2. The lowest BCUT2D eigenvalue weighted by Gasteiger charge is -2.17. The van der Waals surface area contributed by atoms with Crippen LogP contribution in [-0.4, -0.2) is 16.8 Å². The zero-order valence-electron chi connectivity index (χ0n) is 16.9. The second-order valence-corrected chi connectivity index (χ2v) is 7.87. The summed E-state index contributed by atoms with van der Waals surface area (Å²) < 4.78 is 5.99. The van der Waals surface area contributed by atoms with Crippen LogP contribution in [0, 0.1) is 11.8 Å². The first-order chi connectivity index (χ1) is 13.0. The lowest BCUT2D eigenvalue weighted by Crippen LogP contribution is -2.07. The predicted octanol–water partition coefficient (Wildman–Crippen LogP) is 5.57. The van der Waals surface area contributed by atoms with Gasteiger partial charge in [-0.15, -0.1) is 0 Å². The maximum absolute atomic E-state index is 9.81. The number of hydrogen-bond donors (Lipinski definition) is 2. The zero-order valence-corrected chi connectivity index (χ0v) is 16.9. The highest BCUT2D eigenvalue weighted by Gasteiger charge is 2.12. The molecule has 0 radical (unpaired) electrons. The zero-order chi connectivity index (χ0) is 19.6. The van der Waals surface area contributed by atoms with E-state index in [9.17, 15) is 10.2 Å². The highest BCUT2D eigenvalue weighted by atomic mass is 16.5. The summed E-state index contributed by atoms with van der Waals surface area (Å²) in [6.45, 7) is 7.30. The third kappa shape index (κ3) is 6.67. The maximum Gasteiger partial charge on any atom is 0.125 e. The fraction of sp³-hybridized carbons (Fsp3) is 0.500. The van der Waals surface area contributed by atoms with Crippen LogP contribution in [0.1, 0.15) is 57.6 Å². The van der Waals surface area contributed by atoms with Gasteiger partial charge in [0.1, 0.15) is 5.75 Å². The molecule has 2 rings (SSSR count). The van der Waals surface area contributed by atoms with Gasteiger partial charge in [-0.1, -0.05) is 70.4 Å². The summed E-state index contributed by atoms with van der Waals surface area (Å²) in [7, 11) is 0. The first-order valence-electron chi connectivity index (χ1n) is 10.1. The summed E-state index contributed by atoms with van der Waals surface area (Å²) in [6.07, 6.45) is 4.77. The standard InChI is InChI=1S/C24H34O3/c1-18(2)8-7-9-19(3)12-13-27-24-15-21(16-25)23(14-22(24)17-26)20-10-5-4-6-11-20/h4-6,10-11,14-15,18-19,25-26H,7-9,12-13,16-17H2,1-3H3. The van der Waals surface area contributed by atoms with E-state index in [0.29, 0.717) is 18.3 Å². The lowest BCUT2D eigenvalue weighted by molar-refractivity contribution is 0.248. The molecule has 0 heterocycles. The molecule has 0 aliphatic heterocycles. The van der Waals surface area contributed by atoms with Crippen LogP contribution in [0.2, 0.25) is 0 Å². The number of ether oxygens (including phenoxy) is 1. The molecule has 3 nitrogen and oxygen atoms in total. The molecule has 0 spiro atoms. The number of hydrogen-bond acceptors (Lipinski definition) is 3. The Bertz CT molecular complexity index is 680. The molecule has 2 aromatic carbocycles. The van der Waals surface area contributed by atoms with Gasteiger partial charge in [-0.25, -0.2) is 0 Å². The minimum absolute atomic E-state index is 0.0576. The van der Waals surface area contributed by atoms with Crippen LogP contribution >= 0.6 is 0 Å². The van der Waals surface area contributed by atoms with Gasteiger partial charge < -0.3 is 14.9 Å². The summed E-state index contributed by atoms with van der Waals surface area (Å²) in [4.78, 5) is 0. The van der Waals surface area contributed by atoms with E-state index in [1.807, 2.05) is 42.5 Å². The van der Waals surface area contributed by atoms with E-state index in [1.165, 1.54) is 19.3 Å². The van der Waals surface area contributed by atoms with Crippen molar-refractivity contribution in [1.29, 1.82) is 0 Å². The molecule has 27 heavy (non-hydrogen) atoms. The molecule has 0 aromatic heterocycles. The average molecular weight is 371 g/mol. The van der Waals surface area contributed by atoms with Gasteiger partial charge in [0.05, 0.1) is 19.8 Å². The molecule has 0 saturated carbocycles. The van der Waals surface area contributed by atoms with E-state index in [-0.39, 0.29) is 13.2 Å². The quantitative estimate of drug-likeness (QED) is 0.544. The van der Waals surface area contributed by atoms with E-state index in [2.05, 4.69) is 20.8 Å². The average Bonchev–Trinajstić information content (AvgIpc) is 2.67. The van der Waals surface area contributed by atoms with Crippen LogP contribution in [0.4, 0.5) is 0 Å². The van der Waals surface area contributed by atoms with Crippen molar-refractivity contribution in [2.75, 3.05) is 6.61 Å². The van der Waals surface area contributed by atoms with Crippen molar-refractivity contribution in [3.05, 3.63) is 53.6 Å². The number of benzene rings is 2. The van der Waals surface area contributed by atoms with Crippen molar-refractivity contribution in [2.45, 2.75) is 59.7 Å². The third-order valence-corrected chi connectivity index (χ3v) is 5.06. The van der Waals surface area contributed by atoms with Crippen molar-refractivity contribution in [1.82, 2.24) is 0 Å². The molecule has 0 amide bonds. The van der Waals surface area contributed by atoms with Crippen LogP contribution in [0.3, 0.4) is 0 Å². The third-order valence-electron chi connectivity index (χ3n) is 5.06. The van der Waals surface area contributed by atoms with Crippen LogP contribution in [-0.2, 0) is 13.2 Å². The lowest BCUT2D eigenvalue weighted by atomic mass is 9.96. The highest BCUT2D eigenvalue weighted by Crippen LogP contribution is 2.31. The van der Waals surface area contributed by atoms with Crippen LogP contribution < -0.4 is 4.74 Å². The summed E-state index contributed by atoms with van der Waals surface area (Å²) in [5.41, 5.74) is 3.55. The smallest absolute Gasteiger partial charge is 0.125 e. The molecular formula is C24H34O3. The first kappa shape index (κ1) is 21.5. The van der Waals surface area contributed by atoms with Gasteiger partial charge in [0.15, 0.2) is 0 Å². The van der Waals surface area contributed by atoms with Crippen LogP contribution in [0.15, 0.2) is 42.5 Å². The van der Waals surface area contributed by atoms with Gasteiger partial charge in [0.25, 0.3) is 0 Å². The summed E-state index contributed by atoms with van der Waals surface area (Å²) in [5, 5.41) is 19.6. The van der Waals surface area contributed by atoms with E-state index in [4.69, 9.17) is 4.74 Å². The summed E-state index contributed by atoms with van der Waals surface area (Å²) in [6, 6.07) is 13.7. The van der Waals surface area contributed by atoms with Crippen LogP contribution in [0.25, 0.3) is 11.1 Å². The first-order valence-corrected chi connectivity index (χ1v) is 10.1. The van der Waals surface area contributed by atoms with Crippen molar-refractivity contribution in [3.63, 3.8) is 0 Å². The normalized spacial score (nSPS) is 12.4. The second kappa shape index (κ2) is 11.1. The SMILES string of the molecule is CC(C)CCCC(C)CCOc1cc(CO)c(-c2ccccc2)cc1CO. The molecule has 3 heteroatoms. The fourth-order valence-corrected chi connectivity index (χ4v) is 3.33. The van der Waals surface area contributed by atoms with E-state index >= 15 is 0 Å². The predicted molar refractivity (Wildman–Crippen MR) is 112 cm³/mol. The maximum atomic E-state index is 9.81. The largest absolute Gasteiger partial charge is 0.493 e. The topological polar surface area (TPSA) is 49.7 Å². The number of aliphatic hydroxyl groups is 2. The van der Waals surface area contributed by atoms with Gasteiger partial charge in [-0.2, -0.15) is 0 Å². The minimum atomic E-state index is -0.0786. The Labute approximate surface area is 164 Å². The van der Waals surface area contributed by atoms with Crippen molar-refractivity contribution < 1.29 is 14.9 Å². The van der Waals surface area contributed by atoms with Gasteiger partial charge in [0, 0.05) is 5.56 Å². The molecule has 0 fully saturated rings. The van der Waals surface area contributed by atoms with Gasteiger partial charge in [0.2, 0.25) is 0 Å². The van der Waals surface area contributed by atoms with Crippen LogP contribution in [0.5, 0.6) is 5.75 Å². The Hall–Kier alpha value is -1.84. The molecule has 1 unspecified atom stereocenters. The Morgan fingerprint density at radius 3 is 2.19 bits per heavy atom. The Morgan fingerprint density at radius 2 is 1.56 bits per heavy atom. The molecule has 148 valence electrons. The molecule has 0 saturated heterocycles. The summed E-state index contributed by atoms with van der Waals surface area (Å²) >= 11 is 0. The van der Waals surface area contributed by atoms with Gasteiger partial charge in [-0.3, -0.25) is 0 Å². The minimum Gasteiger partial charge on any atom is -0.493 e. The molecule has 0 bridgehead atoms. The van der Waals surface area contributed by atoms with Crippen molar-refractivity contribution >= 4 is 0 Å². The molecule has 1 atom stereocenters. The molecule has 0 aliphatic carbocycles. The monoisotopic (exact) mass is 370 g/mol. The second-order valence-electron chi connectivity index (χ2n) is 7.87. The van der Waals surface area contributed by atoms with E-state index in [1.54, 1.807) is 0 Å². The molecule has 2 aromatic rings. The summed E-state index contributed by atoms with van der Waals surface area (Å²) in [5.74, 6) is 2.07. The Balaban J connectivity index is 2.02. The van der Waals surface area contributed by atoms with Crippen molar-refractivity contribution in [2.24, 2.45) is 11.8 Å². The Kier molecular flexibility index (Phi) is 8.83. The van der Waals surface area contributed by atoms with Crippen molar-refractivity contribution in [3.8, 4) is 16.9 Å². The van der Waals surface area contributed by atoms with Gasteiger partial charge >= 0.3 is 0 Å².